The van der Waals surface area contributed by atoms with Crippen molar-refractivity contribution in [2.24, 2.45) is 0 Å². The van der Waals surface area contributed by atoms with E-state index in [9.17, 15) is 0 Å². The minimum atomic E-state index is 0.653. The standard InChI is InChI=1S/C58H37N5S2/c1-3-13-37(14-4-1)55-60-56(62-57(61-55)42-29-31-46-45-19-7-10-24-51(45)64-53(46)35-42)41-16-11-15-40(33-41)44-20-12-21-47-48-34-39(30-32-52(48)65-54(44)47)36-25-27-38(28-26-36)58-59-49-22-8-9-23-50(49)63(58)43-17-5-2-6-18-43/h1-9,11-23,25-35H,10,24H2. The number of fused-ring (bicyclic) bond motifs is 7. The zero-order chi connectivity index (χ0) is 42.8. The topological polar surface area (TPSA) is 56.5 Å². The fourth-order valence-corrected chi connectivity index (χ4v) is 11.8. The molecule has 0 bridgehead atoms. The van der Waals surface area contributed by atoms with Crippen LogP contribution in [0.15, 0.2) is 194 Å². The number of thiophene rings is 2. The molecule has 65 heavy (non-hydrogen) atoms. The summed E-state index contributed by atoms with van der Waals surface area (Å²) in [6, 6.07) is 66.7. The first kappa shape index (κ1) is 37.7. The molecule has 5 nitrogen and oxygen atoms in total. The number of rotatable bonds is 7. The van der Waals surface area contributed by atoms with Crippen LogP contribution in [0.1, 0.15) is 16.9 Å². The van der Waals surface area contributed by atoms with E-state index in [0.717, 1.165) is 63.2 Å². The molecular weight excluding hydrogens is 831 g/mol. The number of hydrogen-bond donors (Lipinski definition) is 0. The number of imidazole rings is 1. The summed E-state index contributed by atoms with van der Waals surface area (Å²) in [5, 5.41) is 3.80. The van der Waals surface area contributed by atoms with Gasteiger partial charge in [0.1, 0.15) is 5.82 Å². The third kappa shape index (κ3) is 6.59. The molecule has 4 heterocycles. The molecule has 4 aromatic heterocycles. The van der Waals surface area contributed by atoms with Crippen LogP contribution in [0.2, 0.25) is 0 Å². The summed E-state index contributed by atoms with van der Waals surface area (Å²) in [4.78, 5) is 21.9. The first-order chi connectivity index (χ1) is 32.2. The van der Waals surface area contributed by atoms with E-state index >= 15 is 0 Å². The molecule has 0 atom stereocenters. The molecule has 0 amide bonds. The quantitative estimate of drug-likeness (QED) is 0.160. The average Bonchev–Trinajstić information content (AvgIpc) is 4.08. The maximum Gasteiger partial charge on any atom is 0.164 e. The third-order valence-electron chi connectivity index (χ3n) is 12.5. The number of aromatic nitrogens is 5. The normalized spacial score (nSPS) is 12.4. The van der Waals surface area contributed by atoms with Gasteiger partial charge < -0.3 is 0 Å². The van der Waals surface area contributed by atoms with Gasteiger partial charge in [0.25, 0.3) is 0 Å². The predicted octanol–water partition coefficient (Wildman–Crippen LogP) is 15.8. The van der Waals surface area contributed by atoms with Gasteiger partial charge in [-0.15, -0.1) is 22.7 Å². The van der Waals surface area contributed by atoms with Crippen molar-refractivity contribution in [2.45, 2.75) is 12.8 Å². The molecule has 0 spiro atoms. The van der Waals surface area contributed by atoms with Gasteiger partial charge in [0.2, 0.25) is 0 Å². The molecule has 13 rings (SSSR count). The summed E-state index contributed by atoms with van der Waals surface area (Å²) in [5.41, 5.74) is 13.2. The molecule has 1 aliphatic rings. The second kappa shape index (κ2) is 15.5. The molecule has 0 saturated heterocycles. The number of hydrogen-bond acceptors (Lipinski definition) is 6. The SMILES string of the molecule is C1=Cc2c(sc3cc(-c4nc(-c5ccccc5)nc(-c5cccc(-c6cccc7c6sc6ccc(-c8ccc(-c9nc%10ccccc%10n9-c9ccccc9)cc8)cc67)c5)n4)ccc23)CC1. The van der Waals surface area contributed by atoms with Gasteiger partial charge in [0.15, 0.2) is 17.5 Å². The number of para-hydroxylation sites is 3. The summed E-state index contributed by atoms with van der Waals surface area (Å²) in [6.07, 6.45) is 6.75. The molecule has 1 aliphatic carbocycles. The Morgan fingerprint density at radius 1 is 0.431 bits per heavy atom. The van der Waals surface area contributed by atoms with E-state index in [4.69, 9.17) is 19.9 Å². The largest absolute Gasteiger partial charge is 0.292 e. The van der Waals surface area contributed by atoms with E-state index in [1.54, 1.807) is 0 Å². The Kier molecular flexibility index (Phi) is 8.96. The van der Waals surface area contributed by atoms with Crippen molar-refractivity contribution in [3.05, 3.63) is 205 Å². The zero-order valence-electron chi connectivity index (χ0n) is 35.0. The van der Waals surface area contributed by atoms with Crippen molar-refractivity contribution in [3.63, 3.8) is 0 Å². The van der Waals surface area contributed by atoms with Gasteiger partial charge in [0.05, 0.1) is 11.0 Å². The van der Waals surface area contributed by atoms with Gasteiger partial charge in [-0.2, -0.15) is 0 Å². The number of nitrogens with zero attached hydrogens (tertiary/aromatic N) is 5. The highest BCUT2D eigenvalue weighted by atomic mass is 32.1. The molecule has 12 aromatic rings. The van der Waals surface area contributed by atoms with Gasteiger partial charge in [-0.05, 0) is 94.6 Å². The van der Waals surface area contributed by atoms with Gasteiger partial charge in [-0.1, -0.05) is 152 Å². The Labute approximate surface area is 383 Å². The van der Waals surface area contributed by atoms with Gasteiger partial charge in [-0.3, -0.25) is 4.57 Å². The second-order valence-corrected chi connectivity index (χ2v) is 18.7. The highest BCUT2D eigenvalue weighted by Gasteiger charge is 2.19. The van der Waals surface area contributed by atoms with Crippen molar-refractivity contribution in [2.75, 3.05) is 0 Å². The van der Waals surface area contributed by atoms with Crippen molar-refractivity contribution in [1.29, 1.82) is 0 Å². The molecular formula is C58H37N5S2. The van der Waals surface area contributed by atoms with Crippen LogP contribution in [0.3, 0.4) is 0 Å². The summed E-state index contributed by atoms with van der Waals surface area (Å²) in [5.74, 6) is 2.92. The summed E-state index contributed by atoms with van der Waals surface area (Å²) in [6.45, 7) is 0. The lowest BCUT2D eigenvalue weighted by Gasteiger charge is -2.10. The van der Waals surface area contributed by atoms with Crippen molar-refractivity contribution < 1.29 is 0 Å². The molecule has 0 aliphatic heterocycles. The maximum atomic E-state index is 5.18. The smallest absolute Gasteiger partial charge is 0.164 e. The first-order valence-corrected chi connectivity index (χ1v) is 23.6. The monoisotopic (exact) mass is 867 g/mol. The average molecular weight is 868 g/mol. The highest BCUT2D eigenvalue weighted by molar-refractivity contribution is 7.26. The molecule has 0 fully saturated rings. The summed E-state index contributed by atoms with van der Waals surface area (Å²) in [7, 11) is 0. The Morgan fingerprint density at radius 3 is 1.95 bits per heavy atom. The highest BCUT2D eigenvalue weighted by Crippen LogP contribution is 2.43. The van der Waals surface area contributed by atoms with E-state index in [2.05, 4.69) is 181 Å². The van der Waals surface area contributed by atoms with E-state index < -0.39 is 0 Å². The lowest BCUT2D eigenvalue weighted by molar-refractivity contribution is 1.02. The molecule has 0 unspecified atom stereocenters. The van der Waals surface area contributed by atoms with Gasteiger partial charge in [0, 0.05) is 57.7 Å². The fourth-order valence-electron chi connectivity index (χ4n) is 9.34. The summed E-state index contributed by atoms with van der Waals surface area (Å²) >= 11 is 3.73. The molecule has 306 valence electrons. The van der Waals surface area contributed by atoms with Crippen LogP contribution in [0.25, 0.3) is 121 Å². The van der Waals surface area contributed by atoms with Crippen molar-refractivity contribution >= 4 is 70.0 Å². The number of allylic oxidation sites excluding steroid dienone is 1. The second-order valence-electron chi connectivity index (χ2n) is 16.5. The maximum absolute atomic E-state index is 5.18. The van der Waals surface area contributed by atoms with E-state index in [1.807, 2.05) is 46.9 Å². The Hall–Kier alpha value is -7.84. The molecule has 0 N–H and O–H groups in total. The van der Waals surface area contributed by atoms with Crippen LogP contribution < -0.4 is 0 Å². The Morgan fingerprint density at radius 2 is 1.11 bits per heavy atom. The van der Waals surface area contributed by atoms with Crippen LogP contribution in [-0.4, -0.2) is 24.5 Å². The molecule has 7 heteroatoms. The van der Waals surface area contributed by atoms with Gasteiger partial charge in [-0.25, -0.2) is 19.9 Å². The minimum Gasteiger partial charge on any atom is -0.292 e. The van der Waals surface area contributed by atoms with Crippen LogP contribution >= 0.6 is 22.7 Å². The fraction of sp³-hybridized carbons (Fsp3) is 0.0345. The van der Waals surface area contributed by atoms with Crippen LogP contribution in [0.5, 0.6) is 0 Å². The third-order valence-corrected chi connectivity index (χ3v) is 15.0. The first-order valence-electron chi connectivity index (χ1n) is 21.9. The van der Waals surface area contributed by atoms with Crippen molar-refractivity contribution in [3.8, 4) is 73.5 Å². The number of benzene rings is 8. The van der Waals surface area contributed by atoms with Crippen molar-refractivity contribution in [1.82, 2.24) is 24.5 Å². The summed E-state index contributed by atoms with van der Waals surface area (Å²) < 4.78 is 6.03. The van der Waals surface area contributed by atoms with E-state index in [0.29, 0.717) is 17.5 Å². The minimum absolute atomic E-state index is 0.653. The predicted molar refractivity (Wildman–Crippen MR) is 273 cm³/mol. The lowest BCUT2D eigenvalue weighted by Crippen LogP contribution is -2.00. The van der Waals surface area contributed by atoms with Crippen LogP contribution in [-0.2, 0) is 6.42 Å². The van der Waals surface area contributed by atoms with Gasteiger partial charge >= 0.3 is 0 Å². The van der Waals surface area contributed by atoms with Crippen LogP contribution in [0.4, 0.5) is 0 Å². The molecule has 0 saturated carbocycles. The Bertz CT molecular complexity index is 3820. The van der Waals surface area contributed by atoms with E-state index in [-0.39, 0.29) is 0 Å². The van der Waals surface area contributed by atoms with Crippen LogP contribution in [0, 0.1) is 0 Å². The number of aryl methyl sites for hydroxylation is 1. The van der Waals surface area contributed by atoms with E-state index in [1.165, 1.54) is 57.4 Å². The lowest BCUT2D eigenvalue weighted by atomic mass is 9.98. The zero-order valence-corrected chi connectivity index (χ0v) is 36.7. The Balaban J connectivity index is 0.860. The molecule has 8 aromatic carbocycles. The molecule has 0 radical (unpaired) electrons.